The zero-order chi connectivity index (χ0) is 34.8. The molecule has 1 aliphatic carbocycles. The monoisotopic (exact) mass is 770 g/mol. The van der Waals surface area contributed by atoms with Gasteiger partial charge in [0.15, 0.2) is 0 Å². The number of sulfonamides is 1. The fourth-order valence-electron chi connectivity index (χ4n) is 6.05. The Morgan fingerprint density at radius 3 is 2.35 bits per heavy atom. The summed E-state index contributed by atoms with van der Waals surface area (Å²) in [5, 5.41) is 13.4. The van der Waals surface area contributed by atoms with Crippen molar-refractivity contribution in [1.29, 1.82) is 0 Å². The first-order valence-corrected chi connectivity index (χ1v) is 20.0. The van der Waals surface area contributed by atoms with Gasteiger partial charge in [0.2, 0.25) is 0 Å². The topological polar surface area (TPSA) is 117 Å². The van der Waals surface area contributed by atoms with E-state index in [0.717, 1.165) is 68.4 Å². The summed E-state index contributed by atoms with van der Waals surface area (Å²) in [6, 6.07) is 21.6. The van der Waals surface area contributed by atoms with Gasteiger partial charge in [-0.2, -0.15) is 0 Å². The van der Waals surface area contributed by atoms with Crippen LogP contribution >= 0.6 is 27.7 Å². The van der Waals surface area contributed by atoms with Crippen molar-refractivity contribution in [3.8, 4) is 0 Å². The van der Waals surface area contributed by atoms with Crippen LogP contribution in [0.1, 0.15) is 42.5 Å². The summed E-state index contributed by atoms with van der Waals surface area (Å²) in [5.74, 6) is 0.0508. The average molecular weight is 772 g/mol. The third kappa shape index (κ3) is 10.7. The van der Waals surface area contributed by atoms with Gasteiger partial charge in [-0.1, -0.05) is 34.1 Å². The molecule has 5 rings (SSSR count). The van der Waals surface area contributed by atoms with Gasteiger partial charge in [-0.25, -0.2) is 13.1 Å². The van der Waals surface area contributed by atoms with Crippen molar-refractivity contribution in [2.45, 2.75) is 47.9 Å². The van der Waals surface area contributed by atoms with Crippen LogP contribution in [-0.2, 0) is 10.0 Å². The molecule has 0 aromatic heterocycles. The molecule has 49 heavy (non-hydrogen) atoms. The molecule has 264 valence electrons. The zero-order valence-electron chi connectivity index (χ0n) is 28.2. The Hall–Kier alpha value is -3.07. The van der Waals surface area contributed by atoms with E-state index in [-0.39, 0.29) is 22.2 Å². The van der Waals surface area contributed by atoms with Crippen molar-refractivity contribution in [3.63, 3.8) is 0 Å². The average Bonchev–Trinajstić information content (AvgIpc) is 3.11. The van der Waals surface area contributed by atoms with Gasteiger partial charge in [0, 0.05) is 60.7 Å². The Bertz CT molecular complexity index is 1680. The number of benzene rings is 3. The number of halogens is 1. The molecule has 3 aromatic carbocycles. The van der Waals surface area contributed by atoms with Gasteiger partial charge in [0.25, 0.3) is 15.9 Å². The number of nitrogens with one attached hydrogen (secondary N) is 3. The van der Waals surface area contributed by atoms with Gasteiger partial charge in [-0.15, -0.1) is 11.8 Å². The van der Waals surface area contributed by atoms with E-state index in [1.54, 1.807) is 30.0 Å². The number of hydrogen-bond donors (Lipinski definition) is 4. The summed E-state index contributed by atoms with van der Waals surface area (Å²) in [7, 11) is -0.186. The molecule has 0 spiro atoms. The lowest BCUT2D eigenvalue weighted by Gasteiger charge is -2.37. The van der Waals surface area contributed by atoms with Gasteiger partial charge < -0.3 is 15.1 Å². The van der Waals surface area contributed by atoms with Gasteiger partial charge >= 0.3 is 0 Å². The van der Waals surface area contributed by atoms with Gasteiger partial charge in [-0.3, -0.25) is 20.4 Å². The quantitative estimate of drug-likeness (QED) is 0.101. The highest BCUT2D eigenvalue weighted by Gasteiger charge is 2.23. The Morgan fingerprint density at radius 2 is 1.67 bits per heavy atom. The molecule has 0 radical (unpaired) electrons. The maximum Gasteiger partial charge on any atom is 0.264 e. The number of anilines is 3. The minimum atomic E-state index is -4.22. The summed E-state index contributed by atoms with van der Waals surface area (Å²) in [4.78, 5) is 21.0. The first-order valence-electron chi connectivity index (χ1n) is 16.8. The number of allylic oxidation sites excluding steroid dienone is 1. The molecule has 2 aliphatic rings. The summed E-state index contributed by atoms with van der Waals surface area (Å²) in [5.41, 5.74) is 5.66. The third-order valence-corrected chi connectivity index (χ3v) is 12.4. The number of carbonyl (C=O) groups excluding carboxylic acids is 1. The summed E-state index contributed by atoms with van der Waals surface area (Å²) >= 11 is 5.50. The van der Waals surface area contributed by atoms with E-state index < -0.39 is 15.9 Å². The van der Waals surface area contributed by atoms with E-state index in [1.165, 1.54) is 41.5 Å². The van der Waals surface area contributed by atoms with Gasteiger partial charge in [0.1, 0.15) is 0 Å². The molecule has 1 aliphatic heterocycles. The number of piperazine rings is 1. The molecule has 13 heteroatoms. The van der Waals surface area contributed by atoms with Crippen LogP contribution in [0.5, 0.6) is 0 Å². The van der Waals surface area contributed by atoms with Crippen LogP contribution in [0.2, 0.25) is 0 Å². The maximum absolute atomic E-state index is 13.3. The fourth-order valence-corrected chi connectivity index (χ4v) is 8.64. The number of amides is 1. The number of hydrogen-bond acceptors (Lipinski definition) is 10. The van der Waals surface area contributed by atoms with Crippen molar-refractivity contribution in [3.05, 3.63) is 88.4 Å². The summed E-state index contributed by atoms with van der Waals surface area (Å²) in [6.07, 6.45) is 5.68. The zero-order valence-corrected chi connectivity index (χ0v) is 31.4. The number of nitrogens with zero attached hydrogens (tertiary/aromatic N) is 3. The second-order valence-corrected chi connectivity index (χ2v) is 16.6. The molecule has 0 unspecified atom stereocenters. The minimum absolute atomic E-state index is 0.0374. The lowest BCUT2D eigenvalue weighted by molar-refractivity contribution is 0.0981. The molecule has 1 heterocycles. The highest BCUT2D eigenvalue weighted by molar-refractivity contribution is 9.11. The van der Waals surface area contributed by atoms with E-state index in [9.17, 15) is 18.4 Å². The van der Waals surface area contributed by atoms with Gasteiger partial charge in [0.05, 0.1) is 16.3 Å². The van der Waals surface area contributed by atoms with Crippen LogP contribution < -0.4 is 20.4 Å². The van der Waals surface area contributed by atoms with Crippen LogP contribution in [-0.4, -0.2) is 94.5 Å². The van der Waals surface area contributed by atoms with Crippen molar-refractivity contribution in [2.24, 2.45) is 0 Å². The lowest BCUT2D eigenvalue weighted by Crippen LogP contribution is -2.47. The first-order chi connectivity index (χ1) is 23.6. The van der Waals surface area contributed by atoms with Crippen LogP contribution in [0.4, 0.5) is 17.1 Å². The number of thioether (sulfide) groups is 1. The molecule has 1 atom stereocenters. The van der Waals surface area contributed by atoms with Crippen molar-refractivity contribution < 1.29 is 18.4 Å². The highest BCUT2D eigenvalue weighted by Crippen LogP contribution is 2.31. The van der Waals surface area contributed by atoms with Crippen LogP contribution in [0.3, 0.4) is 0 Å². The Labute approximate surface area is 303 Å². The van der Waals surface area contributed by atoms with E-state index in [1.807, 2.05) is 44.4 Å². The fraction of sp³-hybridized carbons (Fsp3) is 0.417. The van der Waals surface area contributed by atoms with Crippen LogP contribution in [0.25, 0.3) is 0 Å². The molecule has 1 saturated heterocycles. The van der Waals surface area contributed by atoms with Crippen molar-refractivity contribution >= 4 is 60.7 Å². The molecule has 3 aromatic rings. The minimum Gasteiger partial charge on any atom is -0.380 e. The Morgan fingerprint density at radius 1 is 0.959 bits per heavy atom. The van der Waals surface area contributed by atoms with E-state index >= 15 is 0 Å². The maximum atomic E-state index is 13.3. The van der Waals surface area contributed by atoms with E-state index in [4.69, 9.17) is 0 Å². The van der Waals surface area contributed by atoms with E-state index in [0.29, 0.717) is 5.69 Å². The number of carbonyl (C=O) groups is 1. The second kappa shape index (κ2) is 17.7. The lowest BCUT2D eigenvalue weighted by atomic mass is 9.99. The smallest absolute Gasteiger partial charge is 0.264 e. The summed E-state index contributed by atoms with van der Waals surface area (Å²) in [6.45, 7) is 5.57. The normalized spacial score (nSPS) is 16.5. The molecule has 1 amide bonds. The van der Waals surface area contributed by atoms with Crippen LogP contribution in [0, 0.1) is 0 Å². The standard InChI is InChI=1S/C36H47BrN6O4S2/c1-41(2)19-18-29(26-48-31-9-4-3-5-10-31)38-34-17-16-32(24-35(34)39-45)49(46,47)40-36(44)27-12-14-30(15-13-27)43-22-20-42(21-23-43)25-28-8-6-7-11-33(28)37/h3-5,9-10,12-17,24,29,38-39,45H,6-8,11,18-23,25-26H2,1-2H3,(H,40,44)/t29-/m1/s1. The molecular formula is C36H47BrN6O4S2. The highest BCUT2D eigenvalue weighted by atomic mass is 79.9. The van der Waals surface area contributed by atoms with Crippen LogP contribution in [0.15, 0.2) is 92.6 Å². The second-order valence-electron chi connectivity index (χ2n) is 12.8. The SMILES string of the molecule is CN(C)CC[C@H](CSc1ccccc1)Nc1ccc(S(=O)(=O)NC(=O)c2ccc(N3CCN(CC4=C(Br)CCCC4)CC3)cc2)cc1NO. The predicted molar refractivity (Wildman–Crippen MR) is 204 cm³/mol. The van der Waals surface area contributed by atoms with Crippen molar-refractivity contribution in [2.75, 3.05) is 74.8 Å². The molecule has 0 bridgehead atoms. The molecule has 1 fully saturated rings. The van der Waals surface area contributed by atoms with Crippen molar-refractivity contribution in [1.82, 2.24) is 14.5 Å². The predicted octanol–water partition coefficient (Wildman–Crippen LogP) is 6.48. The molecule has 10 nitrogen and oxygen atoms in total. The molecular weight excluding hydrogens is 724 g/mol. The molecule has 4 N–H and O–H groups in total. The Kier molecular flexibility index (Phi) is 13.5. The Balaban J connectivity index is 1.18. The molecule has 0 saturated carbocycles. The first kappa shape index (κ1) is 37.2. The van der Waals surface area contributed by atoms with E-state index in [2.05, 4.69) is 58.3 Å². The third-order valence-electron chi connectivity index (χ3n) is 8.92. The largest absolute Gasteiger partial charge is 0.380 e. The summed E-state index contributed by atoms with van der Waals surface area (Å²) < 4.78 is 30.1. The number of rotatable bonds is 15. The van der Waals surface area contributed by atoms with Gasteiger partial charge in [-0.05, 0) is 117 Å².